The fourth-order valence-corrected chi connectivity index (χ4v) is 1.53. The van der Waals surface area contributed by atoms with Crippen molar-refractivity contribution in [3.05, 3.63) is 11.7 Å². The lowest BCUT2D eigenvalue weighted by atomic mass is 9.83. The summed E-state index contributed by atoms with van der Waals surface area (Å²) in [5, 5.41) is 3.94. The summed E-state index contributed by atoms with van der Waals surface area (Å²) in [6, 6.07) is 0. The lowest BCUT2D eigenvalue weighted by molar-refractivity contribution is 0.273. The van der Waals surface area contributed by atoms with E-state index in [2.05, 4.69) is 24.0 Å². The fraction of sp³-hybridized carbons (Fsp3) is 0.800. The molecule has 0 amide bonds. The molecule has 1 heterocycles. The van der Waals surface area contributed by atoms with Crippen molar-refractivity contribution >= 4 is 0 Å². The van der Waals surface area contributed by atoms with Gasteiger partial charge in [-0.2, -0.15) is 4.98 Å². The summed E-state index contributed by atoms with van der Waals surface area (Å²) in [7, 11) is 0. The summed E-state index contributed by atoms with van der Waals surface area (Å²) in [6.45, 7) is 4.16. The predicted molar refractivity (Wildman–Crippen MR) is 49.4 cm³/mol. The van der Waals surface area contributed by atoms with Crippen LogP contribution in [0.5, 0.6) is 0 Å². The predicted octanol–water partition coefficient (Wildman–Crippen LogP) is 2.54. The molecule has 0 unspecified atom stereocenters. The highest BCUT2D eigenvalue weighted by molar-refractivity contribution is 4.93. The van der Waals surface area contributed by atoms with Crippen LogP contribution in [0, 0.1) is 5.92 Å². The Kier molecular flexibility index (Phi) is 2.34. The van der Waals surface area contributed by atoms with Gasteiger partial charge in [0.15, 0.2) is 5.82 Å². The number of hydrogen-bond acceptors (Lipinski definition) is 3. The lowest BCUT2D eigenvalue weighted by Gasteiger charge is -2.23. The van der Waals surface area contributed by atoms with Crippen LogP contribution in [0.4, 0.5) is 0 Å². The molecule has 1 aliphatic rings. The topological polar surface area (TPSA) is 38.9 Å². The minimum Gasteiger partial charge on any atom is -0.339 e. The second-order valence-electron chi connectivity index (χ2n) is 4.20. The zero-order valence-electron chi connectivity index (χ0n) is 8.29. The van der Waals surface area contributed by atoms with Gasteiger partial charge in [0, 0.05) is 12.3 Å². The molecule has 0 aromatic carbocycles. The van der Waals surface area contributed by atoms with Crippen molar-refractivity contribution in [2.45, 2.75) is 45.4 Å². The molecule has 0 atom stereocenters. The highest BCUT2D eigenvalue weighted by Gasteiger charge is 2.21. The largest absolute Gasteiger partial charge is 0.339 e. The van der Waals surface area contributed by atoms with Gasteiger partial charge in [0.05, 0.1) is 0 Å². The molecule has 0 radical (unpaired) electrons. The lowest BCUT2D eigenvalue weighted by Crippen LogP contribution is -2.13. The third kappa shape index (κ3) is 1.90. The maximum atomic E-state index is 5.17. The minimum atomic E-state index is 0.374. The van der Waals surface area contributed by atoms with Crippen molar-refractivity contribution in [2.75, 3.05) is 0 Å². The van der Waals surface area contributed by atoms with Gasteiger partial charge in [0.2, 0.25) is 5.89 Å². The smallest absolute Gasteiger partial charge is 0.226 e. The van der Waals surface area contributed by atoms with E-state index in [1.807, 2.05) is 0 Å². The van der Waals surface area contributed by atoms with Gasteiger partial charge in [-0.05, 0) is 18.8 Å². The van der Waals surface area contributed by atoms with Gasteiger partial charge < -0.3 is 4.52 Å². The van der Waals surface area contributed by atoms with Gasteiger partial charge in [0.25, 0.3) is 0 Å². The van der Waals surface area contributed by atoms with Crippen LogP contribution in [0.3, 0.4) is 0 Å². The van der Waals surface area contributed by atoms with E-state index >= 15 is 0 Å². The zero-order chi connectivity index (χ0) is 9.26. The summed E-state index contributed by atoms with van der Waals surface area (Å²) in [5.41, 5.74) is 0. The van der Waals surface area contributed by atoms with Crippen molar-refractivity contribution in [3.8, 4) is 0 Å². The molecule has 0 spiro atoms. The quantitative estimate of drug-likeness (QED) is 0.717. The Balaban J connectivity index is 1.96. The van der Waals surface area contributed by atoms with E-state index in [9.17, 15) is 0 Å². The van der Waals surface area contributed by atoms with Crippen molar-refractivity contribution in [1.82, 2.24) is 10.1 Å². The second kappa shape index (κ2) is 3.48. The number of nitrogens with zero attached hydrogens (tertiary/aromatic N) is 2. The first-order valence-electron chi connectivity index (χ1n) is 5.08. The van der Waals surface area contributed by atoms with Crippen LogP contribution in [0.1, 0.15) is 50.7 Å². The average Bonchev–Trinajstić information content (AvgIpc) is 2.44. The van der Waals surface area contributed by atoms with Crippen LogP contribution < -0.4 is 0 Å². The molecule has 1 aliphatic carbocycles. The third-order valence-corrected chi connectivity index (χ3v) is 2.69. The van der Waals surface area contributed by atoms with Crippen LogP contribution in [-0.4, -0.2) is 10.1 Å². The molecule has 0 saturated heterocycles. The maximum Gasteiger partial charge on any atom is 0.226 e. The molecule has 72 valence electrons. The summed E-state index contributed by atoms with van der Waals surface area (Å²) in [6.07, 6.45) is 5.02. The Labute approximate surface area is 78.5 Å². The Hall–Kier alpha value is -0.860. The molecule has 1 aromatic rings. The molecule has 1 fully saturated rings. The molecule has 0 N–H and O–H groups in total. The van der Waals surface area contributed by atoms with Crippen LogP contribution in [-0.2, 0) is 6.42 Å². The summed E-state index contributed by atoms with van der Waals surface area (Å²) < 4.78 is 5.17. The number of hydrogen-bond donors (Lipinski definition) is 0. The highest BCUT2D eigenvalue weighted by atomic mass is 16.5. The first-order chi connectivity index (χ1) is 6.25. The molecule has 2 rings (SSSR count). The molecule has 3 nitrogen and oxygen atoms in total. The molecule has 0 aliphatic heterocycles. The molecule has 3 heteroatoms. The van der Waals surface area contributed by atoms with Gasteiger partial charge >= 0.3 is 0 Å². The van der Waals surface area contributed by atoms with E-state index in [1.165, 1.54) is 19.3 Å². The molecular formula is C10H16N2O. The molecule has 1 aromatic heterocycles. The normalized spacial score (nSPS) is 17.8. The van der Waals surface area contributed by atoms with Crippen LogP contribution in [0.15, 0.2) is 4.52 Å². The summed E-state index contributed by atoms with van der Waals surface area (Å²) >= 11 is 0. The highest BCUT2D eigenvalue weighted by Crippen LogP contribution is 2.29. The third-order valence-electron chi connectivity index (χ3n) is 2.69. The van der Waals surface area contributed by atoms with E-state index in [1.54, 1.807) is 0 Å². The molecular weight excluding hydrogens is 164 g/mol. The number of aromatic nitrogens is 2. The van der Waals surface area contributed by atoms with Gasteiger partial charge in [0.1, 0.15) is 0 Å². The van der Waals surface area contributed by atoms with Crippen molar-refractivity contribution in [2.24, 2.45) is 5.92 Å². The Morgan fingerprint density at radius 3 is 2.69 bits per heavy atom. The Bertz CT molecular complexity index is 276. The summed E-state index contributed by atoms with van der Waals surface area (Å²) in [4.78, 5) is 4.35. The van der Waals surface area contributed by atoms with E-state index in [0.29, 0.717) is 5.92 Å². The van der Waals surface area contributed by atoms with Gasteiger partial charge in [-0.15, -0.1) is 0 Å². The van der Waals surface area contributed by atoms with Gasteiger partial charge in [-0.3, -0.25) is 0 Å². The summed E-state index contributed by atoms with van der Waals surface area (Å²) in [5.74, 6) is 2.85. The minimum absolute atomic E-state index is 0.374. The van der Waals surface area contributed by atoms with Crippen LogP contribution >= 0.6 is 0 Å². The second-order valence-corrected chi connectivity index (χ2v) is 4.20. The molecule has 0 bridgehead atoms. The zero-order valence-corrected chi connectivity index (χ0v) is 8.29. The SMILES string of the molecule is CC(C)c1noc(CC2CCC2)n1. The van der Waals surface area contributed by atoms with Gasteiger partial charge in [-0.1, -0.05) is 25.4 Å². The average molecular weight is 180 g/mol. The Morgan fingerprint density at radius 2 is 2.23 bits per heavy atom. The number of rotatable bonds is 3. The van der Waals surface area contributed by atoms with E-state index in [4.69, 9.17) is 4.52 Å². The van der Waals surface area contributed by atoms with Crippen LogP contribution in [0.25, 0.3) is 0 Å². The molecule has 1 saturated carbocycles. The first-order valence-corrected chi connectivity index (χ1v) is 5.08. The van der Waals surface area contributed by atoms with E-state index < -0.39 is 0 Å². The maximum absolute atomic E-state index is 5.17. The van der Waals surface area contributed by atoms with E-state index in [-0.39, 0.29) is 0 Å². The van der Waals surface area contributed by atoms with Crippen molar-refractivity contribution in [3.63, 3.8) is 0 Å². The van der Waals surface area contributed by atoms with E-state index in [0.717, 1.165) is 24.1 Å². The van der Waals surface area contributed by atoms with Crippen molar-refractivity contribution < 1.29 is 4.52 Å². The monoisotopic (exact) mass is 180 g/mol. The fourth-order valence-electron chi connectivity index (χ4n) is 1.53. The van der Waals surface area contributed by atoms with Gasteiger partial charge in [-0.25, -0.2) is 0 Å². The van der Waals surface area contributed by atoms with Crippen molar-refractivity contribution in [1.29, 1.82) is 0 Å². The van der Waals surface area contributed by atoms with Crippen LogP contribution in [0.2, 0.25) is 0 Å². The standard InChI is InChI=1S/C10H16N2O/c1-7(2)10-11-9(13-12-10)6-8-4-3-5-8/h7-8H,3-6H2,1-2H3. The molecule has 13 heavy (non-hydrogen) atoms. The Morgan fingerprint density at radius 1 is 1.46 bits per heavy atom. The first kappa shape index (κ1) is 8.73.